The molecule has 7 heteroatoms. The van der Waals surface area contributed by atoms with Crippen molar-refractivity contribution in [3.05, 3.63) is 0 Å². The van der Waals surface area contributed by atoms with Crippen molar-refractivity contribution in [2.75, 3.05) is 26.8 Å². The van der Waals surface area contributed by atoms with Gasteiger partial charge in [-0.05, 0) is 27.3 Å². The zero-order chi connectivity index (χ0) is 14.6. The molecule has 0 saturated carbocycles. The zero-order valence-electron chi connectivity index (χ0n) is 11.4. The van der Waals surface area contributed by atoms with Crippen molar-refractivity contribution in [1.82, 2.24) is 4.90 Å². The van der Waals surface area contributed by atoms with Crippen LogP contribution >= 0.6 is 0 Å². The van der Waals surface area contributed by atoms with Gasteiger partial charge in [0.05, 0.1) is 13.2 Å². The molecule has 19 heavy (non-hydrogen) atoms. The molecule has 0 aromatic carbocycles. The first-order chi connectivity index (χ1) is 8.70. The van der Waals surface area contributed by atoms with E-state index in [1.807, 2.05) is 0 Å². The summed E-state index contributed by atoms with van der Waals surface area (Å²) in [5, 5.41) is 0. The summed E-state index contributed by atoms with van der Waals surface area (Å²) in [7, 11) is 1.25. The van der Waals surface area contributed by atoms with E-state index >= 15 is 0 Å². The SMILES string of the molecule is CC(OC(=O)C(C)N(C)CC(F)(F)F)C1CCOC1. The van der Waals surface area contributed by atoms with Gasteiger partial charge in [0.25, 0.3) is 0 Å². The molecule has 0 spiro atoms. The lowest BCUT2D eigenvalue weighted by molar-refractivity contribution is -0.166. The second-order valence-corrected chi connectivity index (χ2v) is 4.97. The summed E-state index contributed by atoms with van der Waals surface area (Å²) in [5.41, 5.74) is 0. The molecule has 0 aromatic rings. The normalized spacial score (nSPS) is 23.4. The zero-order valence-corrected chi connectivity index (χ0v) is 11.4. The molecule has 0 bridgehead atoms. The molecule has 1 aliphatic rings. The molecule has 0 aliphatic carbocycles. The van der Waals surface area contributed by atoms with Crippen LogP contribution in [0.2, 0.25) is 0 Å². The van der Waals surface area contributed by atoms with Crippen LogP contribution in [0.5, 0.6) is 0 Å². The van der Waals surface area contributed by atoms with Crippen LogP contribution in [0.1, 0.15) is 20.3 Å². The van der Waals surface area contributed by atoms with Crippen LogP contribution in [-0.2, 0) is 14.3 Å². The summed E-state index contributed by atoms with van der Waals surface area (Å²) < 4.78 is 47.1. The van der Waals surface area contributed by atoms with Crippen LogP contribution in [0.4, 0.5) is 13.2 Å². The van der Waals surface area contributed by atoms with E-state index in [2.05, 4.69) is 0 Å². The van der Waals surface area contributed by atoms with Gasteiger partial charge in [0.1, 0.15) is 12.1 Å². The third-order valence-electron chi connectivity index (χ3n) is 3.36. The summed E-state index contributed by atoms with van der Waals surface area (Å²) >= 11 is 0. The van der Waals surface area contributed by atoms with Crippen LogP contribution < -0.4 is 0 Å². The van der Waals surface area contributed by atoms with E-state index in [4.69, 9.17) is 9.47 Å². The Labute approximate surface area is 110 Å². The van der Waals surface area contributed by atoms with Crippen molar-refractivity contribution in [2.45, 2.75) is 38.6 Å². The van der Waals surface area contributed by atoms with Gasteiger partial charge in [0.15, 0.2) is 0 Å². The predicted molar refractivity (Wildman–Crippen MR) is 62.6 cm³/mol. The highest BCUT2D eigenvalue weighted by Gasteiger charge is 2.34. The first-order valence-electron chi connectivity index (χ1n) is 6.26. The molecule has 112 valence electrons. The van der Waals surface area contributed by atoms with Crippen LogP contribution in [-0.4, -0.2) is 56.0 Å². The van der Waals surface area contributed by atoms with Crippen LogP contribution in [0, 0.1) is 5.92 Å². The maximum Gasteiger partial charge on any atom is 0.401 e. The van der Waals surface area contributed by atoms with E-state index in [1.165, 1.54) is 14.0 Å². The van der Waals surface area contributed by atoms with Gasteiger partial charge in [-0.25, -0.2) is 0 Å². The Morgan fingerprint density at radius 1 is 1.47 bits per heavy atom. The second kappa shape index (κ2) is 6.56. The van der Waals surface area contributed by atoms with Crippen molar-refractivity contribution in [2.24, 2.45) is 5.92 Å². The van der Waals surface area contributed by atoms with Gasteiger partial charge in [0.2, 0.25) is 0 Å². The van der Waals surface area contributed by atoms with Crippen molar-refractivity contribution in [1.29, 1.82) is 0 Å². The molecule has 1 saturated heterocycles. The topological polar surface area (TPSA) is 38.8 Å². The maximum atomic E-state index is 12.2. The lowest BCUT2D eigenvalue weighted by atomic mass is 10.0. The molecule has 3 unspecified atom stereocenters. The van der Waals surface area contributed by atoms with Crippen LogP contribution in [0.15, 0.2) is 0 Å². The van der Waals surface area contributed by atoms with Crippen molar-refractivity contribution in [3.8, 4) is 0 Å². The fourth-order valence-corrected chi connectivity index (χ4v) is 1.90. The highest BCUT2D eigenvalue weighted by Crippen LogP contribution is 2.21. The third kappa shape index (κ3) is 5.36. The van der Waals surface area contributed by atoms with E-state index in [0.29, 0.717) is 13.2 Å². The Morgan fingerprint density at radius 3 is 2.58 bits per heavy atom. The molecule has 0 N–H and O–H groups in total. The van der Waals surface area contributed by atoms with Crippen molar-refractivity contribution >= 4 is 5.97 Å². The summed E-state index contributed by atoms with van der Waals surface area (Å²) in [6.07, 6.45) is -3.85. The van der Waals surface area contributed by atoms with E-state index in [-0.39, 0.29) is 12.0 Å². The smallest absolute Gasteiger partial charge is 0.401 e. The Balaban J connectivity index is 2.43. The monoisotopic (exact) mass is 283 g/mol. The minimum Gasteiger partial charge on any atom is -0.461 e. The fraction of sp³-hybridized carbons (Fsp3) is 0.917. The van der Waals surface area contributed by atoms with Gasteiger partial charge < -0.3 is 9.47 Å². The lowest BCUT2D eigenvalue weighted by Gasteiger charge is -2.26. The number of rotatable bonds is 5. The van der Waals surface area contributed by atoms with Crippen molar-refractivity contribution < 1.29 is 27.4 Å². The highest BCUT2D eigenvalue weighted by molar-refractivity contribution is 5.75. The minimum absolute atomic E-state index is 0.129. The molecule has 0 aromatic heterocycles. The molecule has 1 rings (SSSR count). The molecular formula is C12H20F3NO3. The van der Waals surface area contributed by atoms with Crippen molar-refractivity contribution in [3.63, 3.8) is 0 Å². The van der Waals surface area contributed by atoms with Gasteiger partial charge in [-0.2, -0.15) is 13.2 Å². The van der Waals surface area contributed by atoms with Crippen LogP contribution in [0.25, 0.3) is 0 Å². The number of halogens is 3. The van der Waals surface area contributed by atoms with Gasteiger partial charge in [-0.3, -0.25) is 9.69 Å². The minimum atomic E-state index is -4.33. The molecule has 1 fully saturated rings. The number of esters is 1. The number of carbonyl (C=O) groups is 1. The van der Waals surface area contributed by atoms with Gasteiger partial charge >= 0.3 is 12.1 Å². The average Bonchev–Trinajstić information content (AvgIpc) is 2.78. The standard InChI is InChI=1S/C12H20F3NO3/c1-8(16(3)7-12(13,14)15)11(17)19-9(2)10-4-5-18-6-10/h8-10H,4-7H2,1-3H3. The van der Waals surface area contributed by atoms with Gasteiger partial charge in [-0.15, -0.1) is 0 Å². The number of hydrogen-bond donors (Lipinski definition) is 0. The predicted octanol–water partition coefficient (Wildman–Crippen LogP) is 1.84. The number of ether oxygens (including phenoxy) is 2. The molecule has 4 nitrogen and oxygen atoms in total. The Hall–Kier alpha value is -0.820. The van der Waals surface area contributed by atoms with E-state index < -0.39 is 24.7 Å². The van der Waals surface area contributed by atoms with E-state index in [1.54, 1.807) is 6.92 Å². The molecule has 0 radical (unpaired) electrons. The number of hydrogen-bond acceptors (Lipinski definition) is 4. The summed E-state index contributed by atoms with van der Waals surface area (Å²) in [6, 6.07) is -0.925. The largest absolute Gasteiger partial charge is 0.461 e. The highest BCUT2D eigenvalue weighted by atomic mass is 19.4. The fourth-order valence-electron chi connectivity index (χ4n) is 1.90. The quantitative estimate of drug-likeness (QED) is 0.722. The molecular weight excluding hydrogens is 263 g/mol. The maximum absolute atomic E-state index is 12.2. The lowest BCUT2D eigenvalue weighted by Crippen LogP contribution is -2.43. The molecule has 3 atom stereocenters. The summed E-state index contributed by atoms with van der Waals surface area (Å²) in [4.78, 5) is 12.7. The second-order valence-electron chi connectivity index (χ2n) is 4.97. The molecule has 1 aliphatic heterocycles. The van der Waals surface area contributed by atoms with E-state index in [0.717, 1.165) is 11.3 Å². The first kappa shape index (κ1) is 16.2. The Bertz CT molecular complexity index is 303. The Morgan fingerprint density at radius 2 is 2.11 bits per heavy atom. The van der Waals surface area contributed by atoms with E-state index in [9.17, 15) is 18.0 Å². The Kier molecular flexibility index (Phi) is 5.61. The number of likely N-dealkylation sites (N-methyl/N-ethyl adjacent to an activating group) is 1. The summed E-state index contributed by atoms with van der Waals surface area (Å²) in [6.45, 7) is 3.18. The first-order valence-corrected chi connectivity index (χ1v) is 6.26. The third-order valence-corrected chi connectivity index (χ3v) is 3.36. The average molecular weight is 283 g/mol. The van der Waals surface area contributed by atoms with Gasteiger partial charge in [0, 0.05) is 12.5 Å². The molecule has 0 amide bonds. The van der Waals surface area contributed by atoms with Gasteiger partial charge in [-0.1, -0.05) is 0 Å². The van der Waals surface area contributed by atoms with Crippen LogP contribution in [0.3, 0.4) is 0 Å². The number of carbonyl (C=O) groups excluding carboxylic acids is 1. The molecule has 1 heterocycles. The number of alkyl halides is 3. The number of nitrogens with zero attached hydrogens (tertiary/aromatic N) is 1. The summed E-state index contributed by atoms with van der Waals surface area (Å²) in [5.74, 6) is -0.504.